The van der Waals surface area contributed by atoms with E-state index in [1.165, 1.54) is 63.2 Å². The van der Waals surface area contributed by atoms with Gasteiger partial charge < -0.3 is 4.74 Å². The van der Waals surface area contributed by atoms with E-state index in [1.54, 1.807) is 12.7 Å². The molecular formula is C45H80O7SiSn. The third-order valence-corrected chi connectivity index (χ3v) is 32.9. The van der Waals surface area contributed by atoms with Crippen molar-refractivity contribution in [1.82, 2.24) is 0 Å². The Hall–Kier alpha value is -0.914. The number of hydrogen-bond acceptors (Lipinski definition) is 7. The molecule has 0 bridgehead atoms. The second kappa shape index (κ2) is 23.5. The van der Waals surface area contributed by atoms with Gasteiger partial charge in [-0.3, -0.25) is 0 Å². The Morgan fingerprint density at radius 3 is 2.02 bits per heavy atom. The number of carbonyl (C=O) groups excluding carboxylic acids is 1. The van der Waals surface area contributed by atoms with Crippen molar-refractivity contribution in [2.45, 2.75) is 212 Å². The molecule has 5 atom stereocenters. The van der Waals surface area contributed by atoms with E-state index < -0.39 is 38.1 Å². The summed E-state index contributed by atoms with van der Waals surface area (Å²) in [5.74, 6) is -0.306. The molecule has 310 valence electrons. The molecule has 7 nitrogen and oxygen atoms in total. The van der Waals surface area contributed by atoms with Gasteiger partial charge in [-0.15, -0.1) is 0 Å². The third kappa shape index (κ3) is 14.8. The number of allylic oxidation sites excluding steroid dienone is 1. The first-order valence-electron chi connectivity index (χ1n) is 22.0. The molecule has 0 aliphatic carbocycles. The number of unbranched alkanes of at least 4 members (excludes halogenated alkanes) is 3. The van der Waals surface area contributed by atoms with Crippen LogP contribution in [0, 0.1) is 0 Å². The first-order chi connectivity index (χ1) is 25.9. The van der Waals surface area contributed by atoms with Gasteiger partial charge in [0.25, 0.3) is 0 Å². The van der Waals surface area contributed by atoms with Crippen molar-refractivity contribution in [3.63, 3.8) is 0 Å². The topological polar surface area (TPSA) is 72.5 Å². The Kier molecular flexibility index (Phi) is 20.6. The molecule has 2 saturated heterocycles. The Morgan fingerprint density at radius 1 is 0.907 bits per heavy atom. The van der Waals surface area contributed by atoms with Gasteiger partial charge in [-0.1, -0.05) is 12.1 Å². The summed E-state index contributed by atoms with van der Waals surface area (Å²) in [4.78, 5) is 12.4. The van der Waals surface area contributed by atoms with Crippen LogP contribution in [0.2, 0.25) is 35.9 Å². The van der Waals surface area contributed by atoms with Crippen LogP contribution in [-0.2, 0) is 34.8 Å². The van der Waals surface area contributed by atoms with E-state index in [-0.39, 0.29) is 24.3 Å². The zero-order chi connectivity index (χ0) is 39.7. The molecular weight excluding hydrogens is 799 g/mol. The quantitative estimate of drug-likeness (QED) is 0.0419. The molecule has 1 spiro atoms. The zero-order valence-corrected chi connectivity index (χ0v) is 40.2. The maximum absolute atomic E-state index is 12.4. The number of hydrogen-bond donors (Lipinski definition) is 0. The second-order valence-electron chi connectivity index (χ2n) is 17.1. The molecule has 0 N–H and O–H groups in total. The molecule has 9 heteroatoms. The first-order valence-corrected chi connectivity index (χ1v) is 32.6. The van der Waals surface area contributed by atoms with Gasteiger partial charge in [0.1, 0.15) is 5.75 Å². The summed E-state index contributed by atoms with van der Waals surface area (Å²) in [6.07, 6.45) is 14.3. The van der Waals surface area contributed by atoms with Crippen LogP contribution in [0.3, 0.4) is 0 Å². The molecule has 0 amide bonds. The summed E-state index contributed by atoms with van der Waals surface area (Å²) >= 11 is -2.46. The number of rotatable bonds is 25. The van der Waals surface area contributed by atoms with Crippen molar-refractivity contribution in [1.29, 1.82) is 0 Å². The average molecular weight is 880 g/mol. The van der Waals surface area contributed by atoms with Gasteiger partial charge in [-0.2, -0.15) is 0 Å². The molecule has 0 saturated carbocycles. The Balaban J connectivity index is 1.92. The molecule has 54 heavy (non-hydrogen) atoms. The van der Waals surface area contributed by atoms with Crippen LogP contribution in [-0.4, -0.2) is 76.1 Å². The van der Waals surface area contributed by atoms with Gasteiger partial charge in [-0.05, 0) is 17.7 Å². The first kappa shape index (κ1) is 47.5. The molecule has 0 unspecified atom stereocenters. The van der Waals surface area contributed by atoms with Gasteiger partial charge >= 0.3 is 291 Å². The molecule has 3 rings (SSSR count). The zero-order valence-electron chi connectivity index (χ0n) is 36.3. The predicted molar refractivity (Wildman–Crippen MR) is 229 cm³/mol. The van der Waals surface area contributed by atoms with Crippen LogP contribution in [0.4, 0.5) is 0 Å². The van der Waals surface area contributed by atoms with Crippen molar-refractivity contribution in [2.75, 3.05) is 13.7 Å². The SMILES string of the molecule is C/C=C(/C[C@H]1C[C@](C)(O[Si](CC)(CC)CC)C[C@@]2(C[C@@H](OC(C)=O)C[C@H](CCOCc3ccc(OC)cc3)O2)O1)[CH2][Sn]([CH2]CCC)([CH2]CCC)[CH2]CCC. The Bertz CT molecular complexity index is 1220. The van der Waals surface area contributed by atoms with Crippen molar-refractivity contribution in [2.24, 2.45) is 0 Å². The molecule has 0 radical (unpaired) electrons. The van der Waals surface area contributed by atoms with Crippen LogP contribution in [0.15, 0.2) is 35.9 Å². The van der Waals surface area contributed by atoms with Gasteiger partial charge in [0.15, 0.2) is 0 Å². The van der Waals surface area contributed by atoms with Crippen molar-refractivity contribution in [3.8, 4) is 5.75 Å². The second-order valence-corrected chi connectivity index (χ2v) is 35.6. The average Bonchev–Trinajstić information content (AvgIpc) is 3.15. The fourth-order valence-corrected chi connectivity index (χ4v) is 29.5. The van der Waals surface area contributed by atoms with Crippen LogP contribution >= 0.6 is 0 Å². The summed E-state index contributed by atoms with van der Waals surface area (Å²) in [6, 6.07) is 11.3. The molecule has 1 aromatic rings. The standard InChI is InChI=1S/C33H53O7Si.3C4H9.Sn/c1-9-25(5)19-31-21-32(7,40-41(10-2,11-3)12-4)24-33(39-31)22-30(37-26(6)34)20-29(38-33)17-18-36-23-27-13-15-28(35-8)16-14-27;3*1-3-4-2;/h9,13-16,29-31H,5,10-12,17-24H2,1-4,6-8H3;3*1,3-4H2,2H3;/b25-9+;;;;/t29-,30-,31-,32-,33+;;;;/m0..../s1. The number of carbonyl (C=O) groups is 1. The molecule has 0 aromatic heterocycles. The molecule has 2 aliphatic heterocycles. The van der Waals surface area contributed by atoms with E-state index in [4.69, 9.17) is 28.1 Å². The van der Waals surface area contributed by atoms with E-state index in [0.717, 1.165) is 42.3 Å². The Labute approximate surface area is 336 Å². The van der Waals surface area contributed by atoms with Crippen molar-refractivity contribution >= 4 is 32.7 Å². The minimum atomic E-state index is -2.46. The van der Waals surface area contributed by atoms with E-state index in [9.17, 15) is 4.79 Å². The fraction of sp³-hybridized carbons (Fsp3) is 0.800. The summed E-state index contributed by atoms with van der Waals surface area (Å²) in [7, 11) is -0.293. The van der Waals surface area contributed by atoms with Gasteiger partial charge in [0.2, 0.25) is 0 Å². The van der Waals surface area contributed by atoms with Crippen LogP contribution in [0.1, 0.15) is 145 Å². The third-order valence-electron chi connectivity index (χ3n) is 12.6. The van der Waals surface area contributed by atoms with E-state index >= 15 is 0 Å². The minimum absolute atomic E-state index is 0.0252. The monoisotopic (exact) mass is 880 g/mol. The van der Waals surface area contributed by atoms with Crippen LogP contribution < -0.4 is 4.74 Å². The van der Waals surface area contributed by atoms with Crippen molar-refractivity contribution in [3.05, 3.63) is 41.5 Å². The molecule has 2 heterocycles. The molecule has 2 fully saturated rings. The van der Waals surface area contributed by atoms with Gasteiger partial charge in [-0.25, -0.2) is 0 Å². The summed E-state index contributed by atoms with van der Waals surface area (Å²) in [6.45, 7) is 21.2. The number of ether oxygens (including phenoxy) is 5. The number of benzene rings is 1. The van der Waals surface area contributed by atoms with E-state index in [0.29, 0.717) is 38.9 Å². The maximum atomic E-state index is 12.4. The normalized spacial score (nSPS) is 25.2. The van der Waals surface area contributed by atoms with Gasteiger partial charge in [0.05, 0.1) is 7.11 Å². The van der Waals surface area contributed by atoms with Crippen LogP contribution in [0.5, 0.6) is 5.75 Å². The summed E-state index contributed by atoms with van der Waals surface area (Å²) < 4.78 is 45.3. The summed E-state index contributed by atoms with van der Waals surface area (Å²) in [5, 5.41) is 0. The summed E-state index contributed by atoms with van der Waals surface area (Å²) in [5.41, 5.74) is 2.31. The molecule has 2 aliphatic rings. The van der Waals surface area contributed by atoms with E-state index in [2.05, 4.69) is 61.5 Å². The Morgan fingerprint density at radius 2 is 1.50 bits per heavy atom. The van der Waals surface area contributed by atoms with Crippen molar-refractivity contribution < 1.29 is 32.9 Å². The number of esters is 1. The fourth-order valence-electron chi connectivity index (χ4n) is 9.49. The molecule has 1 aromatic carbocycles. The number of methoxy groups -OCH3 is 1. The van der Waals surface area contributed by atoms with Gasteiger partial charge in [0, 0.05) is 0 Å². The predicted octanol–water partition coefficient (Wildman–Crippen LogP) is 12.6. The van der Waals surface area contributed by atoms with Crippen LogP contribution in [0.25, 0.3) is 0 Å². The van der Waals surface area contributed by atoms with E-state index in [1.807, 2.05) is 24.3 Å².